The Morgan fingerprint density at radius 2 is 2.17 bits per heavy atom. The van der Waals surface area contributed by atoms with Gasteiger partial charge in [0.2, 0.25) is 0 Å². The third-order valence-electron chi connectivity index (χ3n) is 1.26. The molecular weight excluding hydrogens is 265 g/mol. The van der Waals surface area contributed by atoms with Crippen LogP contribution in [0.5, 0.6) is 0 Å². The van der Waals surface area contributed by atoms with Crippen molar-refractivity contribution in [3.8, 4) is 0 Å². The zero-order chi connectivity index (χ0) is 9.14. The molecule has 0 aliphatic rings. The number of hydrogen-bond acceptors (Lipinski definition) is 2. The molecule has 0 spiro atoms. The van der Waals surface area contributed by atoms with E-state index in [-0.39, 0.29) is 5.17 Å². The first-order valence-corrected chi connectivity index (χ1v) is 4.53. The minimum absolute atomic E-state index is 0.0347. The highest BCUT2D eigenvalue weighted by atomic mass is 79.9. The Balaban J connectivity index is 3.31. The van der Waals surface area contributed by atoms with Crippen LogP contribution in [-0.2, 0) is 0 Å². The zero-order valence-electron chi connectivity index (χ0n) is 5.76. The number of hydrogen-bond donors (Lipinski definition) is 1. The van der Waals surface area contributed by atoms with Gasteiger partial charge in [-0.3, -0.25) is 0 Å². The number of halogens is 3. The summed E-state index contributed by atoms with van der Waals surface area (Å²) in [5.74, 6) is 0. The molecule has 0 aliphatic heterocycles. The van der Waals surface area contributed by atoms with Crippen LogP contribution in [0.4, 0.5) is 0 Å². The molecule has 0 radical (unpaired) electrons. The fraction of sp³-hybridized carbons (Fsp3) is 0. The van der Waals surface area contributed by atoms with Crippen LogP contribution in [0.25, 0.3) is 0 Å². The third kappa shape index (κ3) is 1.91. The van der Waals surface area contributed by atoms with Crippen molar-refractivity contribution in [1.29, 1.82) is 0 Å². The average molecular weight is 269 g/mol. The second-order valence-electron chi connectivity index (χ2n) is 1.99. The first-order valence-electron chi connectivity index (χ1n) is 2.98. The van der Waals surface area contributed by atoms with Gasteiger partial charge < -0.3 is 5.21 Å². The second-order valence-corrected chi connectivity index (χ2v) is 3.61. The summed E-state index contributed by atoms with van der Waals surface area (Å²) in [7, 11) is 0. The van der Waals surface area contributed by atoms with Crippen molar-refractivity contribution < 1.29 is 5.21 Å². The lowest BCUT2D eigenvalue weighted by molar-refractivity contribution is 0.321. The van der Waals surface area contributed by atoms with Gasteiger partial charge in [0.25, 0.3) is 0 Å². The molecule has 1 aromatic carbocycles. The molecule has 12 heavy (non-hydrogen) atoms. The van der Waals surface area contributed by atoms with Crippen LogP contribution in [0.1, 0.15) is 5.56 Å². The summed E-state index contributed by atoms with van der Waals surface area (Å²) in [6.07, 6.45) is 0. The molecule has 0 amide bonds. The van der Waals surface area contributed by atoms with E-state index in [1.54, 1.807) is 18.2 Å². The fourth-order valence-corrected chi connectivity index (χ4v) is 2.04. The van der Waals surface area contributed by atoms with Crippen molar-refractivity contribution in [3.63, 3.8) is 0 Å². The van der Waals surface area contributed by atoms with E-state index in [1.165, 1.54) is 0 Å². The molecule has 0 unspecified atom stereocenters. The van der Waals surface area contributed by atoms with Gasteiger partial charge in [-0.1, -0.05) is 50.4 Å². The number of oxime groups is 1. The van der Waals surface area contributed by atoms with Crippen LogP contribution < -0.4 is 0 Å². The molecule has 0 atom stereocenters. The summed E-state index contributed by atoms with van der Waals surface area (Å²) < 4.78 is 0.692. The first kappa shape index (κ1) is 9.84. The van der Waals surface area contributed by atoms with Crippen LogP contribution in [-0.4, -0.2) is 10.4 Å². The summed E-state index contributed by atoms with van der Waals surface area (Å²) in [6.45, 7) is 0. The van der Waals surface area contributed by atoms with Crippen LogP contribution in [0.3, 0.4) is 0 Å². The molecule has 0 saturated carbocycles. The van der Waals surface area contributed by atoms with Crippen molar-refractivity contribution >= 4 is 44.3 Å². The highest BCUT2D eigenvalue weighted by Crippen LogP contribution is 2.26. The van der Waals surface area contributed by atoms with E-state index in [4.69, 9.17) is 28.4 Å². The highest BCUT2D eigenvalue weighted by Gasteiger charge is 2.09. The third-order valence-corrected chi connectivity index (χ3v) is 2.50. The Bertz CT molecular complexity index is 307. The maximum absolute atomic E-state index is 8.41. The van der Waals surface area contributed by atoms with Gasteiger partial charge in [-0.15, -0.1) is 0 Å². The minimum atomic E-state index is -0.0347. The highest BCUT2D eigenvalue weighted by molar-refractivity contribution is 9.10. The van der Waals surface area contributed by atoms with E-state index in [9.17, 15) is 0 Å². The molecule has 1 rings (SSSR count). The number of rotatable bonds is 1. The molecule has 64 valence electrons. The quantitative estimate of drug-likeness (QED) is 0.472. The maximum atomic E-state index is 8.41. The summed E-state index contributed by atoms with van der Waals surface area (Å²) in [6, 6.07) is 5.18. The van der Waals surface area contributed by atoms with E-state index in [0.29, 0.717) is 15.1 Å². The normalized spacial score (nSPS) is 11.8. The standard InChI is InChI=1S/C7H4BrCl2NO/c8-4-2-1-3-5(9)6(4)7(10)11-12/h1-3,12H. The number of benzene rings is 1. The summed E-state index contributed by atoms with van der Waals surface area (Å²) in [5, 5.41) is 11.7. The molecule has 0 aromatic heterocycles. The SMILES string of the molecule is ON=C(Cl)c1c(Cl)cccc1Br. The van der Waals surface area contributed by atoms with Crippen LogP contribution >= 0.6 is 39.1 Å². The predicted octanol–water partition coefficient (Wildman–Crippen LogP) is 3.48. The molecule has 0 fully saturated rings. The van der Waals surface area contributed by atoms with E-state index in [1.807, 2.05) is 0 Å². The Morgan fingerprint density at radius 1 is 1.50 bits per heavy atom. The Labute approximate surface area is 87.9 Å². The molecule has 0 heterocycles. The minimum Gasteiger partial charge on any atom is -0.410 e. The van der Waals surface area contributed by atoms with Gasteiger partial charge in [-0.2, -0.15) is 0 Å². The van der Waals surface area contributed by atoms with Gasteiger partial charge in [0, 0.05) is 10.0 Å². The lowest BCUT2D eigenvalue weighted by Crippen LogP contribution is -1.93. The second kappa shape index (κ2) is 4.12. The smallest absolute Gasteiger partial charge is 0.177 e. The summed E-state index contributed by atoms with van der Waals surface area (Å²) >= 11 is 14.6. The van der Waals surface area contributed by atoms with Gasteiger partial charge >= 0.3 is 0 Å². The Kier molecular flexibility index (Phi) is 3.38. The van der Waals surface area contributed by atoms with E-state index >= 15 is 0 Å². The molecule has 0 aliphatic carbocycles. The van der Waals surface area contributed by atoms with Gasteiger partial charge in [0.1, 0.15) is 0 Å². The topological polar surface area (TPSA) is 32.6 Å². The van der Waals surface area contributed by atoms with Gasteiger partial charge in [0.05, 0.1) is 5.02 Å². The zero-order valence-corrected chi connectivity index (χ0v) is 8.86. The van der Waals surface area contributed by atoms with E-state index in [2.05, 4.69) is 21.1 Å². The molecule has 0 bridgehead atoms. The number of nitrogens with zero attached hydrogens (tertiary/aromatic N) is 1. The van der Waals surface area contributed by atoms with Gasteiger partial charge in [-0.05, 0) is 12.1 Å². The predicted molar refractivity (Wildman–Crippen MR) is 53.3 cm³/mol. The maximum Gasteiger partial charge on any atom is 0.177 e. The Hall–Kier alpha value is -0.250. The van der Waals surface area contributed by atoms with Crippen molar-refractivity contribution in [2.75, 3.05) is 0 Å². The molecule has 1 aromatic rings. The van der Waals surface area contributed by atoms with Crippen molar-refractivity contribution in [3.05, 3.63) is 33.3 Å². The largest absolute Gasteiger partial charge is 0.410 e. The lowest BCUT2D eigenvalue weighted by Gasteiger charge is -2.02. The monoisotopic (exact) mass is 267 g/mol. The molecular formula is C7H4BrCl2NO. The molecule has 0 saturated heterocycles. The van der Waals surface area contributed by atoms with Crippen molar-refractivity contribution in [1.82, 2.24) is 0 Å². The van der Waals surface area contributed by atoms with Crippen molar-refractivity contribution in [2.24, 2.45) is 5.16 Å². The van der Waals surface area contributed by atoms with Crippen LogP contribution in [0.2, 0.25) is 5.02 Å². The van der Waals surface area contributed by atoms with Crippen LogP contribution in [0.15, 0.2) is 27.8 Å². The van der Waals surface area contributed by atoms with Gasteiger partial charge in [0.15, 0.2) is 5.17 Å². The Morgan fingerprint density at radius 3 is 2.67 bits per heavy atom. The van der Waals surface area contributed by atoms with E-state index < -0.39 is 0 Å². The molecule has 1 N–H and O–H groups in total. The average Bonchev–Trinajstić information content (AvgIpc) is 2.03. The first-order chi connectivity index (χ1) is 5.66. The van der Waals surface area contributed by atoms with E-state index in [0.717, 1.165) is 0 Å². The van der Waals surface area contributed by atoms with Gasteiger partial charge in [-0.25, -0.2) is 0 Å². The lowest BCUT2D eigenvalue weighted by atomic mass is 10.2. The van der Waals surface area contributed by atoms with Crippen LogP contribution in [0, 0.1) is 0 Å². The molecule has 5 heteroatoms. The fourth-order valence-electron chi connectivity index (χ4n) is 0.745. The summed E-state index contributed by atoms with van der Waals surface area (Å²) in [4.78, 5) is 0. The summed E-state index contributed by atoms with van der Waals surface area (Å²) in [5.41, 5.74) is 0.489. The van der Waals surface area contributed by atoms with Crippen molar-refractivity contribution in [2.45, 2.75) is 0 Å². The molecule has 2 nitrogen and oxygen atoms in total.